The number of hydrogen-bond donors (Lipinski definition) is 2. The summed E-state index contributed by atoms with van der Waals surface area (Å²) >= 11 is 6.33. The molecule has 0 bridgehead atoms. The second-order valence-corrected chi connectivity index (χ2v) is 12.9. The first-order chi connectivity index (χ1) is 13.7. The lowest BCUT2D eigenvalue weighted by Gasteiger charge is -2.32. The van der Waals surface area contributed by atoms with Crippen LogP contribution >= 0.6 is 11.6 Å². The molecule has 2 aliphatic rings. The number of aliphatic hydroxyl groups excluding tert-OH is 1. The maximum atomic E-state index is 14.0. The lowest BCUT2D eigenvalue weighted by atomic mass is 9.82. The molecule has 2 aromatic rings. The maximum Gasteiger partial charge on any atom is 0.268 e. The van der Waals surface area contributed by atoms with Crippen LogP contribution in [0.4, 0.5) is 11.4 Å². The Kier molecular flexibility index (Phi) is 5.12. The molecule has 1 fully saturated rings. The van der Waals surface area contributed by atoms with Gasteiger partial charge in [-0.15, -0.1) is 0 Å². The van der Waals surface area contributed by atoms with E-state index in [9.17, 15) is 14.7 Å². The van der Waals surface area contributed by atoms with E-state index in [2.05, 4.69) is 0 Å². The van der Waals surface area contributed by atoms with E-state index < -0.39 is 20.0 Å². The third-order valence-electron chi connectivity index (χ3n) is 6.28. The van der Waals surface area contributed by atoms with Crippen LogP contribution in [0, 0.1) is 5.92 Å². The largest absolute Gasteiger partial charge is 0.432 e. The Morgan fingerprint density at radius 3 is 2.52 bits per heavy atom. The second kappa shape index (κ2) is 7.21. The first-order valence-electron chi connectivity index (χ1n) is 9.92. The fourth-order valence-electron chi connectivity index (χ4n) is 5.21. The zero-order chi connectivity index (χ0) is 21.0. The van der Waals surface area contributed by atoms with Gasteiger partial charge in [0.2, 0.25) is 0 Å². The molecule has 0 radical (unpaired) electrons. The maximum absolute atomic E-state index is 14.0. The standard InChI is InChI=1S/C22H26ClNO4Si/c1-14-20(29(2,3)27)19(11-12-25)28-22(14)17-13-15(23)9-10-18(17)24(21(22)26)16-7-5-4-6-8-16/h4-10,13-14,19-20,25,27H,11-12H2,1-3H3/t14-,19+,20-,22+/m0/s1. The van der Waals surface area contributed by atoms with E-state index in [1.54, 1.807) is 17.0 Å². The van der Waals surface area contributed by atoms with Crippen molar-refractivity contribution in [3.8, 4) is 0 Å². The van der Waals surface area contributed by atoms with Gasteiger partial charge in [-0.1, -0.05) is 36.7 Å². The summed E-state index contributed by atoms with van der Waals surface area (Å²) in [6, 6.07) is 14.9. The molecule has 29 heavy (non-hydrogen) atoms. The Balaban J connectivity index is 1.92. The van der Waals surface area contributed by atoms with Crippen molar-refractivity contribution in [3.05, 3.63) is 59.1 Å². The highest BCUT2D eigenvalue weighted by atomic mass is 35.5. The molecule has 0 aliphatic carbocycles. The van der Waals surface area contributed by atoms with Crippen LogP contribution in [0.5, 0.6) is 0 Å². The van der Waals surface area contributed by atoms with E-state index >= 15 is 0 Å². The molecule has 154 valence electrons. The Hall–Kier alpha value is -1.70. The number of fused-ring (bicyclic) bond motifs is 2. The van der Waals surface area contributed by atoms with Gasteiger partial charge >= 0.3 is 0 Å². The third-order valence-corrected chi connectivity index (χ3v) is 9.02. The lowest BCUT2D eigenvalue weighted by Crippen LogP contribution is -2.45. The zero-order valence-electron chi connectivity index (χ0n) is 16.8. The molecule has 2 heterocycles. The van der Waals surface area contributed by atoms with Crippen LogP contribution in [-0.2, 0) is 15.1 Å². The molecule has 0 saturated carbocycles. The van der Waals surface area contributed by atoms with Gasteiger partial charge in [0.1, 0.15) is 0 Å². The summed E-state index contributed by atoms with van der Waals surface area (Å²) in [7, 11) is -2.69. The van der Waals surface area contributed by atoms with Crippen molar-refractivity contribution in [2.45, 2.75) is 43.7 Å². The van der Waals surface area contributed by atoms with E-state index in [4.69, 9.17) is 16.3 Å². The van der Waals surface area contributed by atoms with Crippen LogP contribution in [0.2, 0.25) is 23.7 Å². The quantitative estimate of drug-likeness (QED) is 0.712. The molecule has 1 spiro atoms. The van der Waals surface area contributed by atoms with Gasteiger partial charge < -0.3 is 14.6 Å². The van der Waals surface area contributed by atoms with Gasteiger partial charge in [0.25, 0.3) is 5.91 Å². The van der Waals surface area contributed by atoms with Crippen LogP contribution in [0.25, 0.3) is 0 Å². The van der Waals surface area contributed by atoms with Gasteiger partial charge in [-0.3, -0.25) is 9.69 Å². The van der Waals surface area contributed by atoms with Crippen LogP contribution in [-0.4, -0.2) is 36.8 Å². The van der Waals surface area contributed by atoms with Gasteiger partial charge in [0, 0.05) is 34.3 Å². The molecule has 2 aliphatic heterocycles. The fourth-order valence-corrected chi connectivity index (χ4v) is 7.98. The number of rotatable bonds is 4. The van der Waals surface area contributed by atoms with Crippen molar-refractivity contribution in [2.24, 2.45) is 5.92 Å². The number of carbonyl (C=O) groups is 1. The number of aliphatic hydroxyl groups is 1. The number of carbonyl (C=O) groups excluding carboxylic acids is 1. The Labute approximate surface area is 177 Å². The number of nitrogens with zero attached hydrogens (tertiary/aromatic N) is 1. The monoisotopic (exact) mass is 431 g/mol. The van der Waals surface area contributed by atoms with E-state index in [1.807, 2.05) is 56.4 Å². The van der Waals surface area contributed by atoms with E-state index in [1.165, 1.54) is 0 Å². The minimum Gasteiger partial charge on any atom is -0.432 e. The first kappa shape index (κ1) is 20.6. The molecule has 4 rings (SSSR count). The molecular formula is C22H26ClNO4Si. The van der Waals surface area contributed by atoms with Crippen molar-refractivity contribution in [2.75, 3.05) is 11.5 Å². The summed E-state index contributed by atoms with van der Waals surface area (Å²) in [6.07, 6.45) is -0.0180. The molecule has 0 unspecified atom stereocenters. The Morgan fingerprint density at radius 1 is 1.21 bits per heavy atom. The van der Waals surface area contributed by atoms with Crippen LogP contribution in [0.15, 0.2) is 48.5 Å². The van der Waals surface area contributed by atoms with Gasteiger partial charge in [-0.2, -0.15) is 0 Å². The summed E-state index contributed by atoms with van der Waals surface area (Å²) in [4.78, 5) is 26.7. The highest BCUT2D eigenvalue weighted by molar-refractivity contribution is 6.71. The molecule has 1 amide bonds. The summed E-state index contributed by atoms with van der Waals surface area (Å²) in [5.74, 6) is -0.429. The van der Waals surface area contributed by atoms with Crippen LogP contribution in [0.3, 0.4) is 0 Å². The number of halogens is 1. The van der Waals surface area contributed by atoms with Gasteiger partial charge in [0.15, 0.2) is 13.9 Å². The normalized spacial score (nSPS) is 29.0. The average Bonchev–Trinajstić information content (AvgIpc) is 3.09. The van der Waals surface area contributed by atoms with Crippen molar-refractivity contribution in [1.82, 2.24) is 0 Å². The lowest BCUT2D eigenvalue weighted by molar-refractivity contribution is -0.145. The van der Waals surface area contributed by atoms with Crippen molar-refractivity contribution < 1.29 is 19.4 Å². The number of para-hydroxylation sites is 1. The Morgan fingerprint density at radius 2 is 1.90 bits per heavy atom. The predicted octanol–water partition coefficient (Wildman–Crippen LogP) is 4.20. The topological polar surface area (TPSA) is 70.0 Å². The second-order valence-electron chi connectivity index (χ2n) is 8.51. The number of amides is 1. The number of ether oxygens (including phenoxy) is 1. The van der Waals surface area contributed by atoms with Gasteiger partial charge in [-0.25, -0.2) is 0 Å². The molecule has 1 saturated heterocycles. The Bertz CT molecular complexity index is 932. The molecule has 7 heteroatoms. The zero-order valence-corrected chi connectivity index (χ0v) is 18.6. The number of hydrogen-bond acceptors (Lipinski definition) is 4. The van der Waals surface area contributed by atoms with E-state index in [0.717, 1.165) is 16.9 Å². The number of anilines is 2. The van der Waals surface area contributed by atoms with Gasteiger partial charge in [0.05, 0.1) is 11.8 Å². The van der Waals surface area contributed by atoms with E-state index in [0.29, 0.717) is 11.4 Å². The summed E-state index contributed by atoms with van der Waals surface area (Å²) < 4.78 is 6.51. The van der Waals surface area contributed by atoms with Gasteiger partial charge in [-0.05, 0) is 49.8 Å². The molecular weight excluding hydrogens is 406 g/mol. The summed E-state index contributed by atoms with van der Waals surface area (Å²) in [6.45, 7) is 5.65. The third kappa shape index (κ3) is 3.05. The van der Waals surface area contributed by atoms with Crippen LogP contribution in [0.1, 0.15) is 18.9 Å². The predicted molar refractivity (Wildman–Crippen MR) is 116 cm³/mol. The fraction of sp³-hybridized carbons (Fsp3) is 0.409. The minimum absolute atomic E-state index is 0.0621. The SMILES string of the molecule is C[C@H]1[C@H]([Si](C)(C)O)[C@@H](CCO)O[C@]12C(=O)N(c1ccccc1)c1ccc(Cl)cc12. The molecule has 2 N–H and O–H groups in total. The van der Waals surface area contributed by atoms with Crippen molar-refractivity contribution >= 4 is 37.2 Å². The molecule has 4 atom stereocenters. The number of benzene rings is 2. The summed E-state index contributed by atoms with van der Waals surface area (Å²) in [5, 5.41) is 10.1. The highest BCUT2D eigenvalue weighted by Crippen LogP contribution is 2.60. The van der Waals surface area contributed by atoms with Crippen LogP contribution < -0.4 is 4.90 Å². The van der Waals surface area contributed by atoms with Crippen molar-refractivity contribution in [1.29, 1.82) is 0 Å². The average molecular weight is 432 g/mol. The smallest absolute Gasteiger partial charge is 0.268 e. The molecule has 2 aromatic carbocycles. The molecule has 0 aromatic heterocycles. The minimum atomic E-state index is -2.69. The highest BCUT2D eigenvalue weighted by Gasteiger charge is 2.66. The molecule has 5 nitrogen and oxygen atoms in total. The van der Waals surface area contributed by atoms with Crippen molar-refractivity contribution in [3.63, 3.8) is 0 Å². The summed E-state index contributed by atoms with van der Waals surface area (Å²) in [5.41, 5.74) is 0.819. The first-order valence-corrected chi connectivity index (χ1v) is 13.3. The van der Waals surface area contributed by atoms with E-state index in [-0.39, 0.29) is 24.0 Å².